The maximum absolute atomic E-state index is 12.2. The largest absolute Gasteiger partial charge is 0.398 e. The van der Waals surface area contributed by atoms with Crippen molar-refractivity contribution < 1.29 is 14.3 Å². The van der Waals surface area contributed by atoms with Crippen molar-refractivity contribution in [3.05, 3.63) is 28.8 Å². The summed E-state index contributed by atoms with van der Waals surface area (Å²) >= 11 is 5.96. The van der Waals surface area contributed by atoms with Crippen LogP contribution in [0.25, 0.3) is 0 Å². The number of benzene rings is 1. The number of carbonyl (C=O) groups excluding carboxylic acids is 2. The Balaban J connectivity index is 2.65. The molecule has 1 rings (SSSR count). The van der Waals surface area contributed by atoms with Crippen LogP contribution in [0.4, 0.5) is 5.69 Å². The molecule has 3 N–H and O–H groups in total. The zero-order chi connectivity index (χ0) is 15.1. The third-order valence-electron chi connectivity index (χ3n) is 2.62. The highest BCUT2D eigenvalue weighted by atomic mass is 35.5. The molecule has 0 saturated heterocycles. The minimum atomic E-state index is -0.394. The summed E-state index contributed by atoms with van der Waals surface area (Å²) in [4.78, 5) is 25.1. The zero-order valence-corrected chi connectivity index (χ0v) is 12.2. The lowest BCUT2D eigenvalue weighted by Gasteiger charge is -2.18. The minimum absolute atomic E-state index is 0.0762. The van der Waals surface area contributed by atoms with Crippen molar-refractivity contribution in [2.45, 2.75) is 0 Å². The molecule has 0 aromatic heterocycles. The van der Waals surface area contributed by atoms with E-state index in [0.717, 1.165) is 0 Å². The Labute approximate surface area is 122 Å². The van der Waals surface area contributed by atoms with E-state index < -0.39 is 5.91 Å². The summed E-state index contributed by atoms with van der Waals surface area (Å²) in [7, 11) is 3.06. The number of amides is 2. The second-order valence-corrected chi connectivity index (χ2v) is 4.62. The van der Waals surface area contributed by atoms with Crippen molar-refractivity contribution in [2.75, 3.05) is 39.6 Å². The normalized spacial score (nSPS) is 10.2. The molecule has 0 aliphatic heterocycles. The molecule has 0 radical (unpaired) electrons. The molecule has 0 aliphatic carbocycles. The molecule has 0 spiro atoms. The summed E-state index contributed by atoms with van der Waals surface area (Å²) < 4.78 is 4.82. The van der Waals surface area contributed by atoms with Crippen LogP contribution < -0.4 is 11.1 Å². The lowest BCUT2D eigenvalue weighted by atomic mass is 10.1. The van der Waals surface area contributed by atoms with Crippen LogP contribution in [0.15, 0.2) is 18.2 Å². The fraction of sp³-hybridized carbons (Fsp3) is 0.385. The first kappa shape index (κ1) is 16.3. The van der Waals surface area contributed by atoms with E-state index in [1.807, 2.05) is 0 Å². The Morgan fingerprint density at radius 1 is 1.45 bits per heavy atom. The lowest BCUT2D eigenvalue weighted by Crippen LogP contribution is -2.39. The molecule has 7 heteroatoms. The first-order valence-electron chi connectivity index (χ1n) is 6.02. The summed E-state index contributed by atoms with van der Waals surface area (Å²) in [6.07, 6.45) is 0. The van der Waals surface area contributed by atoms with E-state index in [4.69, 9.17) is 22.1 Å². The van der Waals surface area contributed by atoms with Gasteiger partial charge in [0.05, 0.1) is 23.7 Å². The molecule has 0 bridgehead atoms. The lowest BCUT2D eigenvalue weighted by molar-refractivity contribution is -0.121. The number of anilines is 1. The van der Waals surface area contributed by atoms with Gasteiger partial charge in [0.25, 0.3) is 5.91 Å². The van der Waals surface area contributed by atoms with Gasteiger partial charge >= 0.3 is 0 Å². The van der Waals surface area contributed by atoms with E-state index in [2.05, 4.69) is 5.32 Å². The van der Waals surface area contributed by atoms with Gasteiger partial charge in [-0.2, -0.15) is 0 Å². The summed E-state index contributed by atoms with van der Waals surface area (Å²) in [5.74, 6) is -0.668. The van der Waals surface area contributed by atoms with Crippen molar-refractivity contribution in [1.29, 1.82) is 0 Å². The first-order chi connectivity index (χ1) is 9.47. The van der Waals surface area contributed by atoms with E-state index >= 15 is 0 Å². The number of nitrogen functional groups attached to an aromatic ring is 1. The van der Waals surface area contributed by atoms with Gasteiger partial charge in [0.2, 0.25) is 5.91 Å². The van der Waals surface area contributed by atoms with E-state index in [1.54, 1.807) is 25.3 Å². The maximum Gasteiger partial charge on any atom is 0.257 e. The van der Waals surface area contributed by atoms with Crippen molar-refractivity contribution in [3.8, 4) is 0 Å². The molecule has 0 atom stereocenters. The second kappa shape index (κ2) is 7.72. The fourth-order valence-corrected chi connectivity index (χ4v) is 1.86. The molecule has 1 aromatic carbocycles. The minimum Gasteiger partial charge on any atom is -0.398 e. The molecule has 1 aromatic rings. The topological polar surface area (TPSA) is 84.7 Å². The fourth-order valence-electron chi connectivity index (χ4n) is 1.59. The molecule has 0 unspecified atom stereocenters. The smallest absolute Gasteiger partial charge is 0.257 e. The standard InChI is InChI=1S/C13H18ClN3O3/c1-17(8-11(18)16-6-7-20-2)13(19)12-9(14)4-3-5-10(12)15/h3-5H,6-8,15H2,1-2H3,(H,16,18). The molecule has 110 valence electrons. The average Bonchev–Trinajstić information content (AvgIpc) is 2.38. The monoisotopic (exact) mass is 299 g/mol. The number of carbonyl (C=O) groups is 2. The Morgan fingerprint density at radius 2 is 2.15 bits per heavy atom. The molecular weight excluding hydrogens is 282 g/mol. The van der Waals surface area contributed by atoms with Gasteiger partial charge in [0.1, 0.15) is 0 Å². The number of hydrogen-bond acceptors (Lipinski definition) is 4. The second-order valence-electron chi connectivity index (χ2n) is 4.21. The number of ether oxygens (including phenoxy) is 1. The van der Waals surface area contributed by atoms with Gasteiger partial charge in [-0.25, -0.2) is 0 Å². The SMILES string of the molecule is COCCNC(=O)CN(C)C(=O)c1c(N)cccc1Cl. The summed E-state index contributed by atoms with van der Waals surface area (Å²) in [5.41, 5.74) is 6.24. The number of halogens is 1. The van der Waals surface area contributed by atoms with Crippen LogP contribution in [0.2, 0.25) is 5.02 Å². The number of rotatable bonds is 6. The predicted molar refractivity (Wildman–Crippen MR) is 77.7 cm³/mol. The molecule has 20 heavy (non-hydrogen) atoms. The molecule has 6 nitrogen and oxygen atoms in total. The van der Waals surface area contributed by atoms with Gasteiger partial charge in [-0.15, -0.1) is 0 Å². The number of nitrogens with two attached hydrogens (primary N) is 1. The van der Waals surface area contributed by atoms with Crippen molar-refractivity contribution in [2.24, 2.45) is 0 Å². The van der Waals surface area contributed by atoms with Crippen molar-refractivity contribution in [1.82, 2.24) is 10.2 Å². The molecule has 0 heterocycles. The Hall–Kier alpha value is -1.79. The van der Waals surface area contributed by atoms with Crippen molar-refractivity contribution in [3.63, 3.8) is 0 Å². The van der Waals surface area contributed by atoms with Crippen LogP contribution in [0, 0.1) is 0 Å². The van der Waals surface area contributed by atoms with Crippen LogP contribution in [0.1, 0.15) is 10.4 Å². The van der Waals surface area contributed by atoms with Crippen LogP contribution >= 0.6 is 11.6 Å². The molecule has 0 fully saturated rings. The highest BCUT2D eigenvalue weighted by Crippen LogP contribution is 2.23. The predicted octanol–water partition coefficient (Wildman–Crippen LogP) is 0.757. The number of methoxy groups -OCH3 is 1. The summed E-state index contributed by atoms with van der Waals surface area (Å²) in [5, 5.41) is 2.89. The zero-order valence-electron chi connectivity index (χ0n) is 11.5. The third kappa shape index (κ3) is 4.40. The van der Waals surface area contributed by atoms with Crippen molar-refractivity contribution >= 4 is 29.1 Å². The highest BCUT2D eigenvalue weighted by Gasteiger charge is 2.19. The number of nitrogens with zero attached hydrogens (tertiary/aromatic N) is 1. The van der Waals surface area contributed by atoms with Gasteiger partial charge in [0.15, 0.2) is 0 Å². The summed E-state index contributed by atoms with van der Waals surface area (Å²) in [6, 6.07) is 4.83. The first-order valence-corrected chi connectivity index (χ1v) is 6.40. The average molecular weight is 300 g/mol. The molecule has 0 aliphatic rings. The van der Waals surface area contributed by atoms with E-state index in [1.165, 1.54) is 11.9 Å². The third-order valence-corrected chi connectivity index (χ3v) is 2.93. The van der Waals surface area contributed by atoms with E-state index in [9.17, 15) is 9.59 Å². The Bertz CT molecular complexity index is 473. The highest BCUT2D eigenvalue weighted by molar-refractivity contribution is 6.34. The van der Waals surface area contributed by atoms with Gasteiger partial charge in [0, 0.05) is 26.4 Å². The van der Waals surface area contributed by atoms with Gasteiger partial charge in [-0.1, -0.05) is 17.7 Å². The molecule has 0 saturated carbocycles. The van der Waals surface area contributed by atoms with Crippen LogP contribution in [0.5, 0.6) is 0 Å². The van der Waals surface area contributed by atoms with Gasteiger partial charge in [-0.05, 0) is 12.1 Å². The van der Waals surface area contributed by atoms with E-state index in [0.29, 0.717) is 13.2 Å². The van der Waals surface area contributed by atoms with Crippen LogP contribution in [-0.4, -0.2) is 50.6 Å². The quantitative estimate of drug-likeness (QED) is 0.600. The molecule has 2 amide bonds. The van der Waals surface area contributed by atoms with Crippen LogP contribution in [-0.2, 0) is 9.53 Å². The van der Waals surface area contributed by atoms with Crippen LogP contribution in [0.3, 0.4) is 0 Å². The Kier molecular flexibility index (Phi) is 6.27. The Morgan fingerprint density at radius 3 is 2.75 bits per heavy atom. The van der Waals surface area contributed by atoms with Gasteiger partial charge < -0.3 is 20.7 Å². The number of nitrogens with one attached hydrogen (secondary N) is 1. The van der Waals surface area contributed by atoms with E-state index in [-0.39, 0.29) is 28.7 Å². The van der Waals surface area contributed by atoms with Gasteiger partial charge in [-0.3, -0.25) is 9.59 Å². The number of likely N-dealkylation sites (N-methyl/N-ethyl adjacent to an activating group) is 1. The number of hydrogen-bond donors (Lipinski definition) is 2. The molecular formula is C13H18ClN3O3. The maximum atomic E-state index is 12.2. The summed E-state index contributed by atoms with van der Waals surface area (Å²) in [6.45, 7) is 0.736.